The summed E-state index contributed by atoms with van der Waals surface area (Å²) in [5, 5.41) is 10.5. The van der Waals surface area contributed by atoms with Gasteiger partial charge in [0.05, 0.1) is 17.4 Å². The molecule has 40 heavy (non-hydrogen) atoms. The summed E-state index contributed by atoms with van der Waals surface area (Å²) in [5.41, 5.74) is 3.97. The van der Waals surface area contributed by atoms with Gasteiger partial charge in [-0.15, -0.1) is 0 Å². The lowest BCUT2D eigenvalue weighted by atomic mass is 9.92. The standard InChI is InChI=1S/C30H25F2N7O/c1-30(2,3)13-24(40)35-18-10-17(14-33-15-18)16-11-20-25(22(32)12-16)38-39-27(20)29-36-23-8-9-34-26(28(23)37-29)19-6-4-5-7-21(19)31/h4-12,14-15H,13H2,1-3H3,(H,35,40)(H,36,37)(H,38,39). The molecule has 0 saturated carbocycles. The van der Waals surface area contributed by atoms with E-state index in [1.165, 1.54) is 12.1 Å². The van der Waals surface area contributed by atoms with Crippen LogP contribution in [0.15, 0.2) is 67.1 Å². The molecule has 1 amide bonds. The molecule has 0 fully saturated rings. The zero-order chi connectivity index (χ0) is 28.0. The first-order chi connectivity index (χ1) is 19.2. The maximum absolute atomic E-state index is 15.2. The van der Waals surface area contributed by atoms with Crippen molar-refractivity contribution >= 4 is 33.5 Å². The minimum Gasteiger partial charge on any atom is -0.336 e. The van der Waals surface area contributed by atoms with E-state index in [4.69, 9.17) is 0 Å². The van der Waals surface area contributed by atoms with E-state index in [1.807, 2.05) is 20.8 Å². The van der Waals surface area contributed by atoms with Gasteiger partial charge in [0, 0.05) is 35.3 Å². The number of carbonyl (C=O) groups is 1. The third kappa shape index (κ3) is 4.79. The summed E-state index contributed by atoms with van der Waals surface area (Å²) in [7, 11) is 0. The van der Waals surface area contributed by atoms with E-state index in [9.17, 15) is 9.18 Å². The third-order valence-corrected chi connectivity index (χ3v) is 6.43. The van der Waals surface area contributed by atoms with Crippen LogP contribution < -0.4 is 5.32 Å². The Hall–Kier alpha value is -4.99. The molecule has 0 atom stereocenters. The molecular weight excluding hydrogens is 512 g/mol. The second-order valence-electron chi connectivity index (χ2n) is 10.8. The molecule has 4 heterocycles. The van der Waals surface area contributed by atoms with Gasteiger partial charge in [-0.05, 0) is 47.4 Å². The van der Waals surface area contributed by atoms with E-state index in [0.717, 1.165) is 0 Å². The largest absolute Gasteiger partial charge is 0.336 e. The third-order valence-electron chi connectivity index (χ3n) is 6.43. The first kappa shape index (κ1) is 25.3. The molecule has 0 radical (unpaired) electrons. The monoisotopic (exact) mass is 537 g/mol. The highest BCUT2D eigenvalue weighted by atomic mass is 19.1. The molecular formula is C30H25F2N7O. The molecule has 10 heteroatoms. The molecule has 4 aromatic heterocycles. The number of hydrogen-bond donors (Lipinski definition) is 3. The van der Waals surface area contributed by atoms with E-state index in [1.54, 1.807) is 55.0 Å². The number of anilines is 1. The summed E-state index contributed by atoms with van der Waals surface area (Å²) in [6.07, 6.45) is 5.08. The van der Waals surface area contributed by atoms with Crippen LogP contribution in [0.25, 0.3) is 55.8 Å². The molecule has 0 unspecified atom stereocenters. The number of H-pyrrole nitrogens is 2. The Morgan fingerprint density at radius 2 is 1.80 bits per heavy atom. The van der Waals surface area contributed by atoms with Gasteiger partial charge in [0.25, 0.3) is 0 Å². The van der Waals surface area contributed by atoms with Crippen LogP contribution >= 0.6 is 0 Å². The first-order valence-electron chi connectivity index (χ1n) is 12.7. The lowest BCUT2D eigenvalue weighted by molar-refractivity contribution is -0.117. The molecule has 8 nitrogen and oxygen atoms in total. The van der Waals surface area contributed by atoms with Gasteiger partial charge in [0.15, 0.2) is 5.82 Å². The number of nitrogens with one attached hydrogen (secondary N) is 3. The van der Waals surface area contributed by atoms with Gasteiger partial charge in [-0.3, -0.25) is 19.9 Å². The fraction of sp³-hybridized carbons (Fsp3) is 0.167. The molecule has 0 saturated heterocycles. The second kappa shape index (κ2) is 9.64. The zero-order valence-corrected chi connectivity index (χ0v) is 22.0. The number of pyridine rings is 2. The molecule has 3 N–H and O–H groups in total. The van der Waals surface area contributed by atoms with Crippen molar-refractivity contribution in [1.29, 1.82) is 0 Å². The van der Waals surface area contributed by atoms with Gasteiger partial charge in [0.1, 0.15) is 34.1 Å². The Kier molecular flexibility index (Phi) is 6.10. The van der Waals surface area contributed by atoms with E-state index in [2.05, 4.69) is 35.5 Å². The SMILES string of the molecule is CC(C)(C)CC(=O)Nc1cncc(-c2cc(F)c3[nH]nc(-c4nc5c(-c6ccccc6F)nccc5[nH]4)c3c2)c1. The van der Waals surface area contributed by atoms with Crippen molar-refractivity contribution in [2.24, 2.45) is 5.41 Å². The number of carbonyl (C=O) groups excluding carboxylic acids is 1. The molecule has 2 aromatic carbocycles. The number of aromatic amines is 2. The number of halogens is 2. The summed E-state index contributed by atoms with van der Waals surface area (Å²) in [6.45, 7) is 5.96. The predicted molar refractivity (Wildman–Crippen MR) is 150 cm³/mol. The molecule has 0 aliphatic carbocycles. The van der Waals surface area contributed by atoms with Crippen molar-refractivity contribution in [1.82, 2.24) is 30.1 Å². The average molecular weight is 538 g/mol. The Morgan fingerprint density at radius 1 is 0.975 bits per heavy atom. The minimum absolute atomic E-state index is 0.126. The first-order valence-corrected chi connectivity index (χ1v) is 12.7. The number of aromatic nitrogens is 6. The van der Waals surface area contributed by atoms with Crippen molar-refractivity contribution in [2.45, 2.75) is 27.2 Å². The highest BCUT2D eigenvalue weighted by Crippen LogP contribution is 2.34. The summed E-state index contributed by atoms with van der Waals surface area (Å²) in [5.74, 6) is -0.656. The van der Waals surface area contributed by atoms with Gasteiger partial charge in [-0.2, -0.15) is 5.10 Å². The Morgan fingerprint density at radius 3 is 2.60 bits per heavy atom. The molecule has 0 spiro atoms. The van der Waals surface area contributed by atoms with Crippen LogP contribution in [-0.2, 0) is 4.79 Å². The van der Waals surface area contributed by atoms with E-state index < -0.39 is 11.6 Å². The fourth-order valence-corrected chi connectivity index (χ4v) is 4.68. The molecule has 0 aliphatic heterocycles. The second-order valence-corrected chi connectivity index (χ2v) is 10.8. The number of benzene rings is 2. The zero-order valence-electron chi connectivity index (χ0n) is 22.0. The lowest BCUT2D eigenvalue weighted by Crippen LogP contribution is -2.19. The fourth-order valence-electron chi connectivity index (χ4n) is 4.68. The predicted octanol–water partition coefficient (Wildman–Crippen LogP) is 6.88. The van der Waals surface area contributed by atoms with Crippen LogP contribution in [-0.4, -0.2) is 36.0 Å². The Balaban J connectivity index is 1.40. The quantitative estimate of drug-likeness (QED) is 0.222. The maximum atomic E-state index is 15.2. The minimum atomic E-state index is -0.502. The van der Waals surface area contributed by atoms with Gasteiger partial charge in [-0.1, -0.05) is 32.9 Å². The molecule has 200 valence electrons. The maximum Gasteiger partial charge on any atom is 0.224 e. The number of nitrogens with zero attached hydrogens (tertiary/aromatic N) is 4. The van der Waals surface area contributed by atoms with Crippen LogP contribution in [0.1, 0.15) is 27.2 Å². The van der Waals surface area contributed by atoms with Crippen LogP contribution in [0.2, 0.25) is 0 Å². The summed E-state index contributed by atoms with van der Waals surface area (Å²) >= 11 is 0. The van der Waals surface area contributed by atoms with Gasteiger partial charge in [0.2, 0.25) is 5.91 Å². The van der Waals surface area contributed by atoms with E-state index in [0.29, 0.717) is 62.4 Å². The van der Waals surface area contributed by atoms with Crippen molar-refractivity contribution in [3.63, 3.8) is 0 Å². The summed E-state index contributed by atoms with van der Waals surface area (Å²) in [4.78, 5) is 28.9. The molecule has 6 rings (SSSR count). The topological polar surface area (TPSA) is 112 Å². The molecule has 0 aliphatic rings. The number of fused-ring (bicyclic) bond motifs is 2. The van der Waals surface area contributed by atoms with Gasteiger partial charge < -0.3 is 10.3 Å². The lowest BCUT2D eigenvalue weighted by Gasteiger charge is -2.17. The summed E-state index contributed by atoms with van der Waals surface area (Å²) in [6, 6.07) is 13.0. The smallest absolute Gasteiger partial charge is 0.224 e. The number of imidazole rings is 1. The highest BCUT2D eigenvalue weighted by Gasteiger charge is 2.20. The Bertz CT molecular complexity index is 1900. The van der Waals surface area contributed by atoms with E-state index >= 15 is 4.39 Å². The van der Waals surface area contributed by atoms with Gasteiger partial charge in [-0.25, -0.2) is 13.8 Å². The van der Waals surface area contributed by atoms with Gasteiger partial charge >= 0.3 is 0 Å². The average Bonchev–Trinajstić information content (AvgIpc) is 3.52. The normalized spacial score (nSPS) is 11.8. The number of hydrogen-bond acceptors (Lipinski definition) is 5. The number of rotatable bonds is 5. The van der Waals surface area contributed by atoms with Crippen molar-refractivity contribution in [3.8, 4) is 33.9 Å². The molecule has 6 aromatic rings. The highest BCUT2D eigenvalue weighted by molar-refractivity contribution is 5.98. The van der Waals surface area contributed by atoms with Crippen LogP contribution in [0, 0.1) is 17.0 Å². The Labute approximate surface area is 227 Å². The van der Waals surface area contributed by atoms with Crippen LogP contribution in [0.4, 0.5) is 14.5 Å². The summed E-state index contributed by atoms with van der Waals surface area (Å²) < 4.78 is 29.8. The van der Waals surface area contributed by atoms with Crippen LogP contribution in [0.5, 0.6) is 0 Å². The van der Waals surface area contributed by atoms with Crippen LogP contribution in [0.3, 0.4) is 0 Å². The number of amides is 1. The van der Waals surface area contributed by atoms with Crippen molar-refractivity contribution < 1.29 is 13.6 Å². The molecule has 0 bridgehead atoms. The van der Waals surface area contributed by atoms with Crippen molar-refractivity contribution in [2.75, 3.05) is 5.32 Å². The van der Waals surface area contributed by atoms with Crippen molar-refractivity contribution in [3.05, 3.63) is 78.8 Å². The van der Waals surface area contributed by atoms with E-state index in [-0.39, 0.29) is 16.8 Å².